The zero-order chi connectivity index (χ0) is 13.4. The van der Waals surface area contributed by atoms with E-state index in [0.717, 1.165) is 21.5 Å². The van der Waals surface area contributed by atoms with Gasteiger partial charge in [0, 0.05) is 16.0 Å². The normalized spacial score (nSPS) is 12.4. The van der Waals surface area contributed by atoms with Crippen molar-refractivity contribution in [2.75, 3.05) is 0 Å². The van der Waals surface area contributed by atoms with Crippen LogP contribution < -0.4 is 10.6 Å². The van der Waals surface area contributed by atoms with Gasteiger partial charge in [0.25, 0.3) is 0 Å². The molecule has 0 saturated heterocycles. The monoisotopic (exact) mass is 254 g/mol. The van der Waals surface area contributed by atoms with Crippen molar-refractivity contribution in [2.24, 2.45) is 0 Å². The van der Waals surface area contributed by atoms with Gasteiger partial charge in [0.2, 0.25) is 0 Å². The summed E-state index contributed by atoms with van der Waals surface area (Å²) >= 11 is 0. The van der Waals surface area contributed by atoms with Gasteiger partial charge in [-0.25, -0.2) is 0 Å². The van der Waals surface area contributed by atoms with Crippen molar-refractivity contribution in [3.8, 4) is 0 Å². The highest BCUT2D eigenvalue weighted by Crippen LogP contribution is 2.37. The molecule has 0 N–H and O–H groups in total. The van der Waals surface area contributed by atoms with Crippen molar-refractivity contribution < 1.29 is 0 Å². The molecular weight excluding hydrogens is 244 g/mol. The van der Waals surface area contributed by atoms with Gasteiger partial charge in [0.15, 0.2) is 5.43 Å². The maximum Gasteiger partial charge on any atom is 0.193 e. The van der Waals surface area contributed by atoms with Crippen molar-refractivity contribution in [1.82, 2.24) is 0 Å². The first-order valence-corrected chi connectivity index (χ1v) is 6.70. The molecule has 0 aromatic heterocycles. The maximum atomic E-state index is 12.4. The van der Waals surface area contributed by atoms with E-state index in [0.29, 0.717) is 5.22 Å². The lowest BCUT2D eigenvalue weighted by Crippen LogP contribution is -2.16. The largest absolute Gasteiger partial charge is 0.289 e. The molecule has 92 valence electrons. The fourth-order valence-electron chi connectivity index (χ4n) is 3.57. The van der Waals surface area contributed by atoms with Crippen molar-refractivity contribution in [1.29, 1.82) is 0 Å². The molecule has 0 bridgehead atoms. The zero-order valence-electron chi connectivity index (χ0n) is 10.7. The highest BCUT2D eigenvalue weighted by molar-refractivity contribution is 6.31. The van der Waals surface area contributed by atoms with Gasteiger partial charge in [-0.15, -0.1) is 0 Å². The van der Waals surface area contributed by atoms with Crippen LogP contribution in [0.4, 0.5) is 0 Å². The second kappa shape index (κ2) is 3.07. The van der Waals surface area contributed by atoms with Gasteiger partial charge in [0.05, 0.1) is 0 Å². The Balaban J connectivity index is 2.39. The molecule has 0 saturated carbocycles. The molecule has 5 rings (SSSR count). The molecule has 1 heteroatoms. The number of hydrogen-bond acceptors (Lipinski definition) is 1. The van der Waals surface area contributed by atoms with E-state index in [1.165, 1.54) is 21.5 Å². The molecule has 0 heterocycles. The smallest absolute Gasteiger partial charge is 0.193 e. The van der Waals surface area contributed by atoms with Crippen LogP contribution in [0, 0.1) is 0 Å². The second-order valence-electron chi connectivity index (χ2n) is 5.46. The Labute approximate surface area is 114 Å². The lowest BCUT2D eigenvalue weighted by Gasteiger charge is -2.10. The minimum Gasteiger partial charge on any atom is -0.289 e. The lowest BCUT2D eigenvalue weighted by molar-refractivity contribution is 1.72. The van der Waals surface area contributed by atoms with Gasteiger partial charge in [-0.2, -0.15) is 0 Å². The third-order valence-electron chi connectivity index (χ3n) is 4.47. The van der Waals surface area contributed by atoms with E-state index in [1.807, 2.05) is 18.2 Å². The summed E-state index contributed by atoms with van der Waals surface area (Å²) in [6, 6.07) is 16.7. The van der Waals surface area contributed by atoms with Crippen LogP contribution in [-0.4, -0.2) is 0 Å². The molecule has 0 aliphatic carbocycles. The highest BCUT2D eigenvalue weighted by Gasteiger charge is 2.16. The quantitative estimate of drug-likeness (QED) is 0.385. The summed E-state index contributed by atoms with van der Waals surface area (Å²) in [5, 5.41) is 9.53. The molecule has 0 aliphatic heterocycles. The summed E-state index contributed by atoms with van der Waals surface area (Å²) in [6.45, 7) is 3.97. The predicted molar refractivity (Wildman–Crippen MR) is 85.8 cm³/mol. The van der Waals surface area contributed by atoms with Crippen molar-refractivity contribution >= 4 is 49.7 Å². The Kier molecular flexibility index (Phi) is 1.56. The van der Waals surface area contributed by atoms with Crippen LogP contribution in [0.2, 0.25) is 0 Å². The lowest BCUT2D eigenvalue weighted by atomic mass is 9.92. The summed E-state index contributed by atoms with van der Waals surface area (Å²) in [5.74, 6) is 0. The van der Waals surface area contributed by atoms with Crippen LogP contribution in [0.3, 0.4) is 0 Å². The van der Waals surface area contributed by atoms with Crippen molar-refractivity contribution in [3.05, 3.63) is 64.0 Å². The molecule has 20 heavy (non-hydrogen) atoms. The van der Waals surface area contributed by atoms with Gasteiger partial charge >= 0.3 is 0 Å². The van der Waals surface area contributed by atoms with Gasteiger partial charge in [0.1, 0.15) is 0 Å². The highest BCUT2D eigenvalue weighted by atomic mass is 16.1. The molecule has 0 fully saturated rings. The Bertz CT molecular complexity index is 1220. The van der Waals surface area contributed by atoms with E-state index < -0.39 is 0 Å². The van der Waals surface area contributed by atoms with Crippen LogP contribution >= 0.6 is 0 Å². The fraction of sp³-hybridized carbons (Fsp3) is 0. The molecule has 0 spiro atoms. The minimum atomic E-state index is 0.0685. The van der Waals surface area contributed by atoms with Crippen LogP contribution in [0.25, 0.3) is 49.7 Å². The van der Waals surface area contributed by atoms with E-state index in [-0.39, 0.29) is 5.43 Å². The average Bonchev–Trinajstić information content (AvgIpc) is 2.73. The Morgan fingerprint density at radius 3 is 2.25 bits per heavy atom. The zero-order valence-corrected chi connectivity index (χ0v) is 10.7. The molecule has 5 aromatic rings. The predicted octanol–water partition coefficient (Wildman–Crippen LogP) is 3.66. The second-order valence-corrected chi connectivity index (χ2v) is 5.46. The molecule has 1 nitrogen and oxygen atoms in total. The van der Waals surface area contributed by atoms with Gasteiger partial charge < -0.3 is 0 Å². The molecular formula is C19H10O. The third-order valence-corrected chi connectivity index (χ3v) is 4.47. The third kappa shape index (κ3) is 0.958. The summed E-state index contributed by atoms with van der Waals surface area (Å²) < 4.78 is 0. The van der Waals surface area contributed by atoms with E-state index in [2.05, 4.69) is 36.9 Å². The first-order valence-electron chi connectivity index (χ1n) is 6.70. The number of rotatable bonds is 0. The Morgan fingerprint density at radius 2 is 1.40 bits per heavy atom. The Hall–Kier alpha value is -2.67. The van der Waals surface area contributed by atoms with Gasteiger partial charge in [-0.05, 0) is 38.4 Å². The average molecular weight is 254 g/mol. The maximum absolute atomic E-state index is 12.4. The Morgan fingerprint density at radius 1 is 0.700 bits per heavy atom. The summed E-state index contributed by atoms with van der Waals surface area (Å²) in [4.78, 5) is 12.4. The number of benzene rings is 4. The molecule has 0 unspecified atom stereocenters. The molecule has 0 atom stereocenters. The molecule has 0 amide bonds. The van der Waals surface area contributed by atoms with E-state index >= 15 is 0 Å². The molecule has 0 radical (unpaired) electrons. The summed E-state index contributed by atoms with van der Waals surface area (Å²) in [6.07, 6.45) is 0. The minimum absolute atomic E-state index is 0.0685. The molecule has 5 aromatic carbocycles. The first kappa shape index (κ1) is 10.2. The standard InChI is InChI=1S/C19H10O/c1-10-14-8-7-12-6-5-11-3-2-4-13-9-15(19(10)20)18(14)17(12)16(11)13/h2-9H,1H2. The first-order chi connectivity index (χ1) is 9.75. The number of hydrogen-bond donors (Lipinski definition) is 0. The van der Waals surface area contributed by atoms with Crippen LogP contribution in [0.15, 0.2) is 53.3 Å². The van der Waals surface area contributed by atoms with E-state index in [4.69, 9.17) is 0 Å². The summed E-state index contributed by atoms with van der Waals surface area (Å²) in [5.41, 5.74) is 0.0685. The molecule has 0 aliphatic rings. The van der Waals surface area contributed by atoms with E-state index in [1.54, 1.807) is 0 Å². The fourth-order valence-corrected chi connectivity index (χ4v) is 3.57. The van der Waals surface area contributed by atoms with Gasteiger partial charge in [-0.3, -0.25) is 4.79 Å². The van der Waals surface area contributed by atoms with Crippen LogP contribution in [0.5, 0.6) is 0 Å². The topological polar surface area (TPSA) is 17.1 Å². The van der Waals surface area contributed by atoms with Crippen LogP contribution in [0.1, 0.15) is 0 Å². The van der Waals surface area contributed by atoms with Crippen molar-refractivity contribution in [3.63, 3.8) is 0 Å². The SMILES string of the molecule is C=c1c(=O)c2cc3cccc4ccc5ccc1c2c5c43. The van der Waals surface area contributed by atoms with E-state index in [9.17, 15) is 4.79 Å². The van der Waals surface area contributed by atoms with Gasteiger partial charge in [-0.1, -0.05) is 49.0 Å². The van der Waals surface area contributed by atoms with Crippen LogP contribution in [-0.2, 0) is 0 Å². The summed E-state index contributed by atoms with van der Waals surface area (Å²) in [7, 11) is 0. The van der Waals surface area contributed by atoms with Crippen molar-refractivity contribution in [2.45, 2.75) is 0 Å².